The minimum absolute atomic E-state index is 0.151. The van der Waals surface area contributed by atoms with Crippen LogP contribution >= 0.6 is 23.2 Å². The molecule has 1 aromatic heterocycles. The fraction of sp³-hybridized carbons (Fsp3) is 0.524. The van der Waals surface area contributed by atoms with Gasteiger partial charge in [0.15, 0.2) is 0 Å². The van der Waals surface area contributed by atoms with Crippen molar-refractivity contribution in [3.63, 3.8) is 0 Å². The summed E-state index contributed by atoms with van der Waals surface area (Å²) < 4.78 is 7.06. The molecule has 1 aromatic carbocycles. The van der Waals surface area contributed by atoms with Gasteiger partial charge in [0.25, 0.3) is 5.56 Å². The lowest BCUT2D eigenvalue weighted by atomic mass is 9.53. The molecule has 4 fully saturated rings. The van der Waals surface area contributed by atoms with Crippen LogP contribution in [0.4, 0.5) is 11.4 Å². The number of aromatic nitrogens is 2. The minimum Gasteiger partial charge on any atom is -0.495 e. The number of benzene rings is 1. The van der Waals surface area contributed by atoms with E-state index in [-0.39, 0.29) is 16.1 Å². The normalized spacial score (nSPS) is 30.5. The third-order valence-electron chi connectivity index (χ3n) is 6.80. The Balaban J connectivity index is 1.50. The number of rotatable bonds is 4. The van der Waals surface area contributed by atoms with E-state index in [0.717, 1.165) is 37.0 Å². The monoisotopic (exact) mass is 419 g/mol. The average molecular weight is 420 g/mol. The third-order valence-corrected chi connectivity index (χ3v) is 7.41. The number of hydrogen-bond donors (Lipinski definition) is 1. The SMILES string of the molecule is COc1ccc(Cl)cc1Nc1cnn(C23CC4CC(CC(C4)C2)C3)c(=O)c1Cl. The van der Waals surface area contributed by atoms with Crippen molar-refractivity contribution in [1.29, 1.82) is 0 Å². The largest absolute Gasteiger partial charge is 0.495 e. The van der Waals surface area contributed by atoms with E-state index in [1.165, 1.54) is 19.3 Å². The molecule has 4 saturated carbocycles. The van der Waals surface area contributed by atoms with E-state index in [9.17, 15) is 4.79 Å². The highest BCUT2D eigenvalue weighted by Crippen LogP contribution is 2.58. The average Bonchev–Trinajstić information content (AvgIpc) is 2.64. The first-order valence-corrected chi connectivity index (χ1v) is 10.6. The lowest BCUT2D eigenvalue weighted by Gasteiger charge is -2.56. The summed E-state index contributed by atoms with van der Waals surface area (Å²) in [5.41, 5.74) is 0.746. The van der Waals surface area contributed by atoms with E-state index in [4.69, 9.17) is 27.9 Å². The molecule has 1 heterocycles. The first kappa shape index (κ1) is 18.3. The second-order valence-electron chi connectivity index (χ2n) is 8.70. The Bertz CT molecular complexity index is 953. The van der Waals surface area contributed by atoms with E-state index in [1.807, 2.05) is 0 Å². The van der Waals surface area contributed by atoms with E-state index in [0.29, 0.717) is 22.1 Å². The van der Waals surface area contributed by atoms with Gasteiger partial charge < -0.3 is 10.1 Å². The smallest absolute Gasteiger partial charge is 0.288 e. The molecule has 2 aromatic rings. The maximum Gasteiger partial charge on any atom is 0.288 e. The molecule has 4 aliphatic rings. The van der Waals surface area contributed by atoms with Crippen molar-refractivity contribution in [3.8, 4) is 5.75 Å². The number of nitrogens with zero attached hydrogens (tertiary/aromatic N) is 2. The van der Waals surface area contributed by atoms with Gasteiger partial charge in [0.05, 0.1) is 30.2 Å². The van der Waals surface area contributed by atoms with Gasteiger partial charge in [0.1, 0.15) is 10.8 Å². The number of methoxy groups -OCH3 is 1. The van der Waals surface area contributed by atoms with Crippen molar-refractivity contribution in [2.75, 3.05) is 12.4 Å². The number of hydrogen-bond acceptors (Lipinski definition) is 4. The summed E-state index contributed by atoms with van der Waals surface area (Å²) in [6, 6.07) is 5.25. The molecule has 0 radical (unpaired) electrons. The van der Waals surface area contributed by atoms with Gasteiger partial charge in [0.2, 0.25) is 0 Å². The van der Waals surface area contributed by atoms with E-state index >= 15 is 0 Å². The van der Waals surface area contributed by atoms with Gasteiger partial charge in [-0.2, -0.15) is 5.10 Å². The molecule has 1 N–H and O–H groups in total. The summed E-state index contributed by atoms with van der Waals surface area (Å²) in [5, 5.41) is 8.47. The highest BCUT2D eigenvalue weighted by Gasteiger charge is 2.53. The molecular weight excluding hydrogens is 397 g/mol. The van der Waals surface area contributed by atoms with Gasteiger partial charge in [-0.15, -0.1) is 0 Å². The topological polar surface area (TPSA) is 56.1 Å². The Morgan fingerprint density at radius 3 is 2.36 bits per heavy atom. The van der Waals surface area contributed by atoms with Gasteiger partial charge in [0, 0.05) is 5.02 Å². The second-order valence-corrected chi connectivity index (χ2v) is 9.52. The standard InChI is InChI=1S/C21H23Cl2N3O2/c1-28-18-3-2-15(22)7-16(18)25-17-11-24-26(20(27)19(17)23)21-8-12-4-13(9-21)6-14(5-12)10-21/h2-3,7,11-14,25H,4-6,8-10H2,1H3. The quantitative estimate of drug-likeness (QED) is 0.736. The zero-order valence-electron chi connectivity index (χ0n) is 15.8. The number of ether oxygens (including phenoxy) is 1. The van der Waals surface area contributed by atoms with Crippen molar-refractivity contribution >= 4 is 34.6 Å². The summed E-state index contributed by atoms with van der Waals surface area (Å²) in [4.78, 5) is 13.2. The Labute approximate surface area is 174 Å². The molecular formula is C21H23Cl2N3O2. The van der Waals surface area contributed by atoms with Crippen LogP contribution in [-0.2, 0) is 5.54 Å². The number of anilines is 2. The molecule has 0 unspecified atom stereocenters. The molecule has 148 valence electrons. The van der Waals surface area contributed by atoms with E-state index in [1.54, 1.807) is 36.2 Å². The molecule has 0 atom stereocenters. The van der Waals surface area contributed by atoms with Crippen LogP contribution in [0.25, 0.3) is 0 Å². The minimum atomic E-state index is -0.213. The zero-order valence-corrected chi connectivity index (χ0v) is 17.3. The van der Waals surface area contributed by atoms with Gasteiger partial charge in [-0.05, 0) is 74.5 Å². The van der Waals surface area contributed by atoms with Crippen LogP contribution in [0.2, 0.25) is 10.0 Å². The van der Waals surface area contributed by atoms with Crippen LogP contribution < -0.4 is 15.6 Å². The Hall–Kier alpha value is -1.72. The molecule has 28 heavy (non-hydrogen) atoms. The molecule has 4 aliphatic carbocycles. The van der Waals surface area contributed by atoms with E-state index < -0.39 is 0 Å². The fourth-order valence-electron chi connectivity index (χ4n) is 6.11. The van der Waals surface area contributed by atoms with Crippen LogP contribution in [0.15, 0.2) is 29.2 Å². The van der Waals surface area contributed by atoms with Gasteiger partial charge in [-0.3, -0.25) is 4.79 Å². The predicted octanol–water partition coefficient (Wildman–Crippen LogP) is 5.23. The van der Waals surface area contributed by atoms with Crippen LogP contribution in [0.1, 0.15) is 38.5 Å². The van der Waals surface area contributed by atoms with Crippen LogP contribution in [0.5, 0.6) is 5.75 Å². The third kappa shape index (κ3) is 2.91. The molecule has 0 saturated heterocycles. The van der Waals surface area contributed by atoms with Crippen LogP contribution in [-0.4, -0.2) is 16.9 Å². The summed E-state index contributed by atoms with van der Waals surface area (Å²) >= 11 is 12.6. The van der Waals surface area contributed by atoms with Crippen molar-refractivity contribution in [1.82, 2.24) is 9.78 Å². The van der Waals surface area contributed by atoms with Crippen molar-refractivity contribution in [2.45, 2.75) is 44.1 Å². The molecule has 6 rings (SSSR count). The molecule has 7 heteroatoms. The van der Waals surface area contributed by atoms with Crippen molar-refractivity contribution in [2.24, 2.45) is 17.8 Å². The molecule has 5 nitrogen and oxygen atoms in total. The zero-order chi connectivity index (χ0) is 19.5. The Morgan fingerprint density at radius 2 is 1.75 bits per heavy atom. The maximum absolute atomic E-state index is 13.2. The van der Waals surface area contributed by atoms with Crippen LogP contribution in [0, 0.1) is 17.8 Å². The highest BCUT2D eigenvalue weighted by molar-refractivity contribution is 6.33. The van der Waals surface area contributed by atoms with Crippen molar-refractivity contribution < 1.29 is 4.74 Å². The lowest BCUT2D eigenvalue weighted by molar-refractivity contribution is -0.0518. The fourth-order valence-corrected chi connectivity index (χ4v) is 6.45. The summed E-state index contributed by atoms with van der Waals surface area (Å²) in [7, 11) is 1.58. The summed E-state index contributed by atoms with van der Waals surface area (Å²) in [6.07, 6.45) is 8.76. The summed E-state index contributed by atoms with van der Waals surface area (Å²) in [6.45, 7) is 0. The predicted molar refractivity (Wildman–Crippen MR) is 111 cm³/mol. The molecule has 0 spiro atoms. The van der Waals surface area contributed by atoms with Gasteiger partial charge in [-0.1, -0.05) is 23.2 Å². The van der Waals surface area contributed by atoms with Crippen LogP contribution in [0.3, 0.4) is 0 Å². The summed E-state index contributed by atoms with van der Waals surface area (Å²) in [5.74, 6) is 2.80. The Morgan fingerprint density at radius 1 is 1.11 bits per heavy atom. The highest BCUT2D eigenvalue weighted by atomic mass is 35.5. The lowest BCUT2D eigenvalue weighted by Crippen LogP contribution is -2.55. The second kappa shape index (κ2) is 6.67. The first-order chi connectivity index (χ1) is 13.5. The molecule has 0 aliphatic heterocycles. The molecule has 0 amide bonds. The Kier molecular flexibility index (Phi) is 4.36. The first-order valence-electron chi connectivity index (χ1n) is 9.86. The van der Waals surface area contributed by atoms with Gasteiger partial charge >= 0.3 is 0 Å². The number of nitrogens with one attached hydrogen (secondary N) is 1. The maximum atomic E-state index is 13.2. The van der Waals surface area contributed by atoms with Gasteiger partial charge in [-0.25, -0.2) is 4.68 Å². The van der Waals surface area contributed by atoms with E-state index in [2.05, 4.69) is 10.4 Å². The molecule has 4 bridgehead atoms. The van der Waals surface area contributed by atoms with Crippen molar-refractivity contribution in [3.05, 3.63) is 44.8 Å². The number of halogens is 2.